The Hall–Kier alpha value is -4.30. The monoisotopic (exact) mass is 591 g/mol. The fourth-order valence-corrected chi connectivity index (χ4v) is 6.61. The van der Waals surface area contributed by atoms with E-state index in [-0.39, 0.29) is 12.0 Å². The number of carbonyl (C=O) groups is 1. The number of fused-ring (bicyclic) bond motifs is 3. The first kappa shape index (κ1) is 29.8. The molecule has 1 unspecified atom stereocenters. The Balaban J connectivity index is 1.40. The van der Waals surface area contributed by atoms with Crippen LogP contribution in [0.4, 0.5) is 0 Å². The molecule has 0 saturated carbocycles. The number of nitrogens with zero attached hydrogens (tertiary/aromatic N) is 5. The van der Waals surface area contributed by atoms with E-state index in [1.165, 1.54) is 16.7 Å². The lowest BCUT2D eigenvalue weighted by Gasteiger charge is -2.33. The molecule has 228 valence electrons. The van der Waals surface area contributed by atoms with Crippen molar-refractivity contribution in [1.82, 2.24) is 24.9 Å². The number of rotatable bonds is 7. The van der Waals surface area contributed by atoms with Crippen LogP contribution < -0.4 is 4.74 Å². The van der Waals surface area contributed by atoms with Gasteiger partial charge in [-0.2, -0.15) is 0 Å². The number of hydrogen-bond acceptors (Lipinski definition) is 6. The van der Waals surface area contributed by atoms with E-state index in [1.54, 1.807) is 4.68 Å². The molecule has 8 nitrogen and oxygen atoms in total. The average molecular weight is 592 g/mol. The molecule has 6 rings (SSSR count). The van der Waals surface area contributed by atoms with E-state index in [2.05, 4.69) is 78.4 Å². The standard InChI is InChI=1S/C36H41N5O3/c1-8-28-20-41(19-27-17-25-15-21(2)9-13-30(25)37-34(27)44-28)18-26-16-24(11-10-22(26)3)32(36(5,6)35(42)43)29-12-14-31-33(23(29)4)38-39-40(31)7/h9-17,28,32H,8,18-20H2,1-7H3,(H,42,43)/t28-,32?/m1/s1. The first-order valence-corrected chi connectivity index (χ1v) is 15.4. The maximum Gasteiger partial charge on any atom is 0.310 e. The minimum Gasteiger partial charge on any atom is -0.481 e. The fraction of sp³-hybridized carbons (Fsp3) is 0.389. The molecule has 2 atom stereocenters. The lowest BCUT2D eigenvalue weighted by atomic mass is 9.69. The Bertz CT molecular complexity index is 1890. The number of hydrogen-bond donors (Lipinski definition) is 1. The molecular weight excluding hydrogens is 550 g/mol. The molecule has 1 aliphatic rings. The number of aliphatic carboxylic acids is 1. The minimum absolute atomic E-state index is 0.0233. The van der Waals surface area contributed by atoms with Gasteiger partial charge in [-0.25, -0.2) is 9.67 Å². The molecule has 1 aliphatic heterocycles. The fourth-order valence-electron chi connectivity index (χ4n) is 6.61. The van der Waals surface area contributed by atoms with Gasteiger partial charge in [-0.3, -0.25) is 9.69 Å². The number of aryl methyl sites for hydroxylation is 4. The van der Waals surface area contributed by atoms with Crippen LogP contribution in [-0.2, 0) is 24.9 Å². The van der Waals surface area contributed by atoms with Gasteiger partial charge in [0.15, 0.2) is 0 Å². The summed E-state index contributed by atoms with van der Waals surface area (Å²) in [7, 11) is 1.87. The van der Waals surface area contributed by atoms with Gasteiger partial charge in [0.2, 0.25) is 5.88 Å². The quantitative estimate of drug-likeness (QED) is 0.221. The molecule has 0 bridgehead atoms. The topological polar surface area (TPSA) is 93.4 Å². The highest BCUT2D eigenvalue weighted by Crippen LogP contribution is 2.44. The van der Waals surface area contributed by atoms with Crippen molar-refractivity contribution in [2.45, 2.75) is 73.1 Å². The van der Waals surface area contributed by atoms with Crippen molar-refractivity contribution in [1.29, 1.82) is 0 Å². The van der Waals surface area contributed by atoms with Crippen molar-refractivity contribution < 1.29 is 14.6 Å². The molecule has 44 heavy (non-hydrogen) atoms. The Labute approximate surface area is 258 Å². The van der Waals surface area contributed by atoms with Gasteiger partial charge in [0.1, 0.15) is 11.6 Å². The number of aromatic nitrogens is 4. The molecule has 5 aromatic rings. The largest absolute Gasteiger partial charge is 0.481 e. The van der Waals surface area contributed by atoms with Gasteiger partial charge in [0.05, 0.1) is 16.4 Å². The van der Waals surface area contributed by atoms with Gasteiger partial charge in [-0.15, -0.1) is 5.10 Å². The molecule has 0 spiro atoms. The summed E-state index contributed by atoms with van der Waals surface area (Å²) in [6, 6.07) is 19.0. The normalized spacial score (nSPS) is 16.5. The van der Waals surface area contributed by atoms with Gasteiger partial charge in [0, 0.05) is 43.5 Å². The second-order valence-electron chi connectivity index (χ2n) is 13.0. The summed E-state index contributed by atoms with van der Waals surface area (Å²) in [5.74, 6) is -0.509. The zero-order chi connectivity index (χ0) is 31.3. The molecule has 0 radical (unpaired) electrons. The Kier molecular flexibility index (Phi) is 7.66. The van der Waals surface area contributed by atoms with Crippen molar-refractivity contribution in [2.24, 2.45) is 12.5 Å². The predicted octanol–water partition coefficient (Wildman–Crippen LogP) is 6.86. The third kappa shape index (κ3) is 5.32. The molecule has 3 heterocycles. The summed E-state index contributed by atoms with van der Waals surface area (Å²) >= 11 is 0. The molecule has 0 amide bonds. The SMILES string of the molecule is CC[C@@H]1CN(Cc2cc(C(c3ccc4c(nnn4C)c3C)C(C)(C)C(=O)O)ccc2C)Cc2cc3cc(C)ccc3nc2O1. The number of benzene rings is 3. The molecule has 8 heteroatoms. The van der Waals surface area contributed by atoms with Crippen LogP contribution >= 0.6 is 0 Å². The molecule has 3 aromatic carbocycles. The van der Waals surface area contributed by atoms with Crippen LogP contribution in [0.25, 0.3) is 21.9 Å². The molecule has 0 fully saturated rings. The highest BCUT2D eigenvalue weighted by Gasteiger charge is 2.40. The highest BCUT2D eigenvalue weighted by molar-refractivity contribution is 5.82. The van der Waals surface area contributed by atoms with Crippen LogP contribution in [0.5, 0.6) is 5.88 Å². The minimum atomic E-state index is -1.07. The van der Waals surface area contributed by atoms with Crippen molar-refractivity contribution in [2.75, 3.05) is 6.54 Å². The van der Waals surface area contributed by atoms with Crippen molar-refractivity contribution in [3.05, 3.63) is 93.5 Å². The van der Waals surface area contributed by atoms with Gasteiger partial charge in [-0.05, 0) is 93.1 Å². The van der Waals surface area contributed by atoms with Gasteiger partial charge in [0.25, 0.3) is 0 Å². The Morgan fingerprint density at radius 3 is 2.64 bits per heavy atom. The highest BCUT2D eigenvalue weighted by atomic mass is 16.5. The van der Waals surface area contributed by atoms with Crippen LogP contribution in [0.1, 0.15) is 72.1 Å². The van der Waals surface area contributed by atoms with E-state index < -0.39 is 11.4 Å². The Morgan fingerprint density at radius 2 is 1.89 bits per heavy atom. The summed E-state index contributed by atoms with van der Waals surface area (Å²) in [4.78, 5) is 20.1. The van der Waals surface area contributed by atoms with Gasteiger partial charge < -0.3 is 9.84 Å². The second-order valence-corrected chi connectivity index (χ2v) is 13.0. The Morgan fingerprint density at radius 1 is 1.09 bits per heavy atom. The van der Waals surface area contributed by atoms with Crippen LogP contribution in [0.2, 0.25) is 0 Å². The third-order valence-corrected chi connectivity index (χ3v) is 9.36. The van der Waals surface area contributed by atoms with Gasteiger partial charge in [-0.1, -0.05) is 48.0 Å². The van der Waals surface area contributed by atoms with Crippen molar-refractivity contribution >= 4 is 27.9 Å². The van der Waals surface area contributed by atoms with E-state index in [9.17, 15) is 9.90 Å². The zero-order valence-corrected chi connectivity index (χ0v) is 26.7. The van der Waals surface area contributed by atoms with E-state index in [0.29, 0.717) is 6.54 Å². The van der Waals surface area contributed by atoms with Crippen molar-refractivity contribution in [3.8, 4) is 5.88 Å². The summed E-state index contributed by atoms with van der Waals surface area (Å²) in [5.41, 5.74) is 9.14. The summed E-state index contributed by atoms with van der Waals surface area (Å²) in [6.45, 7) is 14.2. The first-order chi connectivity index (χ1) is 21.0. The number of pyridine rings is 1. The van der Waals surface area contributed by atoms with E-state index in [4.69, 9.17) is 9.72 Å². The van der Waals surface area contributed by atoms with Crippen LogP contribution in [-0.4, -0.2) is 48.6 Å². The summed E-state index contributed by atoms with van der Waals surface area (Å²) in [6.07, 6.45) is 0.900. The zero-order valence-electron chi connectivity index (χ0n) is 26.7. The van der Waals surface area contributed by atoms with E-state index in [1.807, 2.05) is 40.0 Å². The van der Waals surface area contributed by atoms with E-state index in [0.717, 1.165) is 69.6 Å². The number of carboxylic acid groups (broad SMARTS) is 1. The van der Waals surface area contributed by atoms with E-state index >= 15 is 0 Å². The molecule has 1 N–H and O–H groups in total. The predicted molar refractivity (Wildman–Crippen MR) is 173 cm³/mol. The number of carboxylic acids is 1. The smallest absolute Gasteiger partial charge is 0.310 e. The molecule has 2 aromatic heterocycles. The van der Waals surface area contributed by atoms with Crippen LogP contribution in [0, 0.1) is 26.2 Å². The number of ether oxygens (including phenoxy) is 1. The van der Waals surface area contributed by atoms with Crippen molar-refractivity contribution in [3.63, 3.8) is 0 Å². The summed E-state index contributed by atoms with van der Waals surface area (Å²) < 4.78 is 8.20. The maximum absolute atomic E-state index is 12.7. The average Bonchev–Trinajstić information content (AvgIpc) is 3.27. The second kappa shape index (κ2) is 11.3. The summed E-state index contributed by atoms with van der Waals surface area (Å²) in [5, 5.41) is 20.2. The molecular formula is C36H41N5O3. The lowest BCUT2D eigenvalue weighted by Crippen LogP contribution is -2.33. The maximum atomic E-state index is 12.7. The third-order valence-electron chi connectivity index (χ3n) is 9.36. The van der Waals surface area contributed by atoms with Gasteiger partial charge >= 0.3 is 5.97 Å². The molecule has 0 saturated heterocycles. The van der Waals surface area contributed by atoms with Crippen LogP contribution in [0.15, 0.2) is 54.6 Å². The first-order valence-electron chi connectivity index (χ1n) is 15.4. The molecule has 0 aliphatic carbocycles. The van der Waals surface area contributed by atoms with Crippen LogP contribution in [0.3, 0.4) is 0 Å². The lowest BCUT2D eigenvalue weighted by molar-refractivity contribution is -0.147.